The van der Waals surface area contributed by atoms with Gasteiger partial charge in [0, 0.05) is 19.1 Å². The van der Waals surface area contributed by atoms with E-state index < -0.39 is 0 Å². The Kier molecular flexibility index (Phi) is 6.82. The standard InChI is InChI=1S/C21H30N2O2/c1-15(2)12-22-21(24)20-10-9-19(25-20)14-23(16(3)4)13-18-8-6-7-17(5)11-18/h6-11,15-16H,12-14H2,1-5H3,(H,22,24). The zero-order valence-electron chi connectivity index (χ0n) is 16.0. The van der Waals surface area contributed by atoms with Crippen molar-refractivity contribution in [2.24, 2.45) is 5.92 Å². The molecule has 136 valence electrons. The summed E-state index contributed by atoms with van der Waals surface area (Å²) in [4.78, 5) is 14.4. The molecule has 25 heavy (non-hydrogen) atoms. The van der Waals surface area contributed by atoms with Gasteiger partial charge < -0.3 is 9.73 Å². The molecule has 4 heteroatoms. The van der Waals surface area contributed by atoms with Crippen LogP contribution >= 0.6 is 0 Å². The molecule has 0 saturated heterocycles. The minimum absolute atomic E-state index is 0.144. The van der Waals surface area contributed by atoms with Crippen molar-refractivity contribution < 1.29 is 9.21 Å². The van der Waals surface area contributed by atoms with Crippen LogP contribution in [0.3, 0.4) is 0 Å². The number of amides is 1. The SMILES string of the molecule is Cc1cccc(CN(Cc2ccc(C(=O)NCC(C)C)o2)C(C)C)c1. The van der Waals surface area contributed by atoms with Crippen LogP contribution in [0.25, 0.3) is 0 Å². The Labute approximate surface area is 151 Å². The van der Waals surface area contributed by atoms with Gasteiger partial charge in [-0.25, -0.2) is 0 Å². The van der Waals surface area contributed by atoms with Crippen LogP contribution < -0.4 is 5.32 Å². The number of hydrogen-bond donors (Lipinski definition) is 1. The Morgan fingerprint density at radius 1 is 1.12 bits per heavy atom. The molecule has 0 radical (unpaired) electrons. The number of hydrogen-bond acceptors (Lipinski definition) is 3. The van der Waals surface area contributed by atoms with Crippen molar-refractivity contribution in [1.29, 1.82) is 0 Å². The number of rotatable bonds is 8. The summed E-state index contributed by atoms with van der Waals surface area (Å²) in [7, 11) is 0. The second kappa shape index (κ2) is 8.86. The molecule has 1 N–H and O–H groups in total. The van der Waals surface area contributed by atoms with Gasteiger partial charge in [0.25, 0.3) is 5.91 Å². The number of furan rings is 1. The van der Waals surface area contributed by atoms with E-state index in [1.165, 1.54) is 11.1 Å². The molecule has 0 spiro atoms. The lowest BCUT2D eigenvalue weighted by Gasteiger charge is -2.25. The van der Waals surface area contributed by atoms with Crippen LogP contribution in [0.1, 0.15) is 55.1 Å². The van der Waals surface area contributed by atoms with Gasteiger partial charge in [0.1, 0.15) is 5.76 Å². The highest BCUT2D eigenvalue weighted by molar-refractivity contribution is 5.91. The van der Waals surface area contributed by atoms with Gasteiger partial charge in [0.05, 0.1) is 6.54 Å². The van der Waals surface area contributed by atoms with Gasteiger partial charge in [0.2, 0.25) is 0 Å². The fourth-order valence-electron chi connectivity index (χ4n) is 2.64. The molecule has 1 amide bonds. The topological polar surface area (TPSA) is 45.5 Å². The molecular formula is C21H30N2O2. The first kappa shape index (κ1) is 19.3. The Morgan fingerprint density at radius 3 is 2.52 bits per heavy atom. The molecule has 0 bridgehead atoms. The quantitative estimate of drug-likeness (QED) is 0.774. The normalized spacial score (nSPS) is 11.5. The lowest BCUT2D eigenvalue weighted by Crippen LogP contribution is -2.29. The first-order chi connectivity index (χ1) is 11.8. The molecule has 0 aliphatic carbocycles. The summed E-state index contributed by atoms with van der Waals surface area (Å²) in [6.07, 6.45) is 0. The molecule has 0 aliphatic rings. The van der Waals surface area contributed by atoms with Crippen molar-refractivity contribution in [3.63, 3.8) is 0 Å². The average Bonchev–Trinajstić information content (AvgIpc) is 3.00. The molecule has 0 unspecified atom stereocenters. The highest BCUT2D eigenvalue weighted by atomic mass is 16.4. The third kappa shape index (κ3) is 6.05. The molecule has 4 nitrogen and oxygen atoms in total. The van der Waals surface area contributed by atoms with Crippen molar-refractivity contribution in [2.45, 2.75) is 53.8 Å². The summed E-state index contributed by atoms with van der Waals surface area (Å²) in [5.41, 5.74) is 2.55. The van der Waals surface area contributed by atoms with Gasteiger partial charge in [-0.1, -0.05) is 43.7 Å². The summed E-state index contributed by atoms with van der Waals surface area (Å²) in [5, 5.41) is 2.89. The molecule has 0 atom stereocenters. The monoisotopic (exact) mass is 342 g/mol. The summed E-state index contributed by atoms with van der Waals surface area (Å²) in [6, 6.07) is 12.6. The average molecular weight is 342 g/mol. The smallest absolute Gasteiger partial charge is 0.287 e. The van der Waals surface area contributed by atoms with Crippen molar-refractivity contribution in [2.75, 3.05) is 6.54 Å². The lowest BCUT2D eigenvalue weighted by molar-refractivity contribution is 0.0916. The Hall–Kier alpha value is -2.07. The van der Waals surface area contributed by atoms with E-state index in [2.05, 4.69) is 69.1 Å². The first-order valence-electron chi connectivity index (χ1n) is 9.01. The predicted octanol–water partition coefficient (Wildman–Crippen LogP) is 4.38. The van der Waals surface area contributed by atoms with Crippen LogP contribution in [-0.2, 0) is 13.1 Å². The van der Waals surface area contributed by atoms with E-state index >= 15 is 0 Å². The lowest BCUT2D eigenvalue weighted by atomic mass is 10.1. The zero-order chi connectivity index (χ0) is 18.4. The zero-order valence-corrected chi connectivity index (χ0v) is 16.0. The predicted molar refractivity (Wildman–Crippen MR) is 101 cm³/mol. The van der Waals surface area contributed by atoms with E-state index in [0.29, 0.717) is 30.8 Å². The van der Waals surface area contributed by atoms with Crippen molar-refractivity contribution in [3.8, 4) is 0 Å². The van der Waals surface area contributed by atoms with Crippen molar-refractivity contribution in [1.82, 2.24) is 10.2 Å². The number of aryl methyl sites for hydroxylation is 1. The molecule has 1 aromatic carbocycles. The third-order valence-electron chi connectivity index (χ3n) is 4.11. The highest BCUT2D eigenvalue weighted by Crippen LogP contribution is 2.16. The van der Waals surface area contributed by atoms with Gasteiger partial charge in [-0.15, -0.1) is 0 Å². The summed E-state index contributed by atoms with van der Waals surface area (Å²) >= 11 is 0. The molecular weight excluding hydrogens is 312 g/mol. The van der Waals surface area contributed by atoms with E-state index in [0.717, 1.165) is 12.3 Å². The van der Waals surface area contributed by atoms with E-state index in [9.17, 15) is 4.79 Å². The number of carbonyl (C=O) groups is 1. The molecule has 1 aromatic heterocycles. The molecule has 0 saturated carbocycles. The maximum Gasteiger partial charge on any atom is 0.287 e. The highest BCUT2D eigenvalue weighted by Gasteiger charge is 2.16. The second-order valence-electron chi connectivity index (χ2n) is 7.36. The third-order valence-corrected chi connectivity index (χ3v) is 4.11. The number of nitrogens with zero attached hydrogens (tertiary/aromatic N) is 1. The van der Waals surface area contributed by atoms with Crippen LogP contribution in [0.2, 0.25) is 0 Å². The molecule has 2 aromatic rings. The summed E-state index contributed by atoms with van der Waals surface area (Å²) < 4.78 is 5.77. The number of carbonyl (C=O) groups excluding carboxylic acids is 1. The van der Waals surface area contributed by atoms with E-state index in [1.54, 1.807) is 6.07 Å². The van der Waals surface area contributed by atoms with E-state index in [4.69, 9.17) is 4.42 Å². The summed E-state index contributed by atoms with van der Waals surface area (Å²) in [6.45, 7) is 12.8. The minimum atomic E-state index is -0.144. The number of benzene rings is 1. The van der Waals surface area contributed by atoms with Gasteiger partial charge in [0.15, 0.2) is 5.76 Å². The van der Waals surface area contributed by atoms with Crippen molar-refractivity contribution in [3.05, 3.63) is 59.0 Å². The van der Waals surface area contributed by atoms with Gasteiger partial charge in [-0.3, -0.25) is 9.69 Å². The maximum atomic E-state index is 12.1. The maximum absolute atomic E-state index is 12.1. The van der Waals surface area contributed by atoms with Crippen LogP contribution in [-0.4, -0.2) is 23.4 Å². The Balaban J connectivity index is 2.01. The first-order valence-corrected chi connectivity index (χ1v) is 9.01. The largest absolute Gasteiger partial charge is 0.455 e. The van der Waals surface area contributed by atoms with E-state index in [-0.39, 0.29) is 5.91 Å². The van der Waals surface area contributed by atoms with Gasteiger partial charge in [-0.2, -0.15) is 0 Å². The molecule has 2 rings (SSSR count). The van der Waals surface area contributed by atoms with Gasteiger partial charge in [-0.05, 0) is 44.4 Å². The van der Waals surface area contributed by atoms with Crippen LogP contribution in [0.4, 0.5) is 0 Å². The van der Waals surface area contributed by atoms with Crippen LogP contribution in [0, 0.1) is 12.8 Å². The van der Waals surface area contributed by atoms with Crippen molar-refractivity contribution >= 4 is 5.91 Å². The second-order valence-corrected chi connectivity index (χ2v) is 7.36. The number of nitrogens with one attached hydrogen (secondary N) is 1. The van der Waals surface area contributed by atoms with Gasteiger partial charge >= 0.3 is 0 Å². The minimum Gasteiger partial charge on any atom is -0.455 e. The Morgan fingerprint density at radius 2 is 1.88 bits per heavy atom. The van der Waals surface area contributed by atoms with Crippen LogP contribution in [0.15, 0.2) is 40.8 Å². The molecule has 1 heterocycles. The fraction of sp³-hybridized carbons (Fsp3) is 0.476. The molecule has 0 aliphatic heterocycles. The fourth-order valence-corrected chi connectivity index (χ4v) is 2.64. The van der Waals surface area contributed by atoms with E-state index in [1.807, 2.05) is 6.07 Å². The summed E-state index contributed by atoms with van der Waals surface area (Å²) in [5.74, 6) is 1.48. The van der Waals surface area contributed by atoms with Crippen LogP contribution in [0.5, 0.6) is 0 Å². The Bertz CT molecular complexity index is 689. The molecule has 0 fully saturated rings.